The zero-order valence-corrected chi connectivity index (χ0v) is 14.4. The van der Waals surface area contributed by atoms with Crippen LogP contribution in [0.25, 0.3) is 0 Å². The van der Waals surface area contributed by atoms with Crippen LogP contribution < -0.4 is 0 Å². The fourth-order valence-corrected chi connectivity index (χ4v) is 3.60. The summed E-state index contributed by atoms with van der Waals surface area (Å²) in [6.07, 6.45) is 0. The molecule has 0 aliphatic carbocycles. The van der Waals surface area contributed by atoms with Crippen molar-refractivity contribution in [2.24, 2.45) is 0 Å². The number of hydrogen-bond acceptors (Lipinski definition) is 5. The van der Waals surface area contributed by atoms with E-state index in [-0.39, 0.29) is 24.2 Å². The zero-order chi connectivity index (χ0) is 17.1. The van der Waals surface area contributed by atoms with Crippen LogP contribution in [0.5, 0.6) is 0 Å². The lowest BCUT2D eigenvalue weighted by Crippen LogP contribution is -2.27. The number of hydrogen-bond donors (Lipinski definition) is 0. The van der Waals surface area contributed by atoms with Crippen molar-refractivity contribution in [1.82, 2.24) is 9.88 Å². The molecule has 1 aromatic heterocycles. The van der Waals surface area contributed by atoms with Crippen LogP contribution in [0.15, 0.2) is 41.4 Å². The summed E-state index contributed by atoms with van der Waals surface area (Å²) in [4.78, 5) is 30.3. The molecule has 2 heterocycles. The molecule has 5 nitrogen and oxygen atoms in total. The maximum Gasteiger partial charge on any atom is 0.341 e. The molecule has 3 rings (SSSR count). The normalized spacial score (nSPS) is 12.7. The number of carbonyl (C=O) groups excluding carboxylic acids is 2. The van der Waals surface area contributed by atoms with Crippen molar-refractivity contribution in [2.45, 2.75) is 25.1 Å². The van der Waals surface area contributed by atoms with E-state index < -0.39 is 0 Å². The van der Waals surface area contributed by atoms with Crippen LogP contribution in [-0.2, 0) is 22.7 Å². The maximum absolute atomic E-state index is 12.3. The first-order valence-corrected chi connectivity index (χ1v) is 8.61. The van der Waals surface area contributed by atoms with Gasteiger partial charge in [0.25, 0.3) is 0 Å². The smallest absolute Gasteiger partial charge is 0.341 e. The molecule has 1 aliphatic rings. The standard InChI is InChI=1S/C18H18N2O3S/c1-12-8-14-10-23-18(22)16(14)17(19-12)24-11-15(21)20(2)9-13-6-4-3-5-7-13/h3-8H,9-11H2,1-2H3. The number of amides is 1. The number of aromatic nitrogens is 1. The summed E-state index contributed by atoms with van der Waals surface area (Å²) in [6, 6.07) is 11.7. The minimum atomic E-state index is -0.356. The average molecular weight is 342 g/mol. The van der Waals surface area contributed by atoms with Crippen LogP contribution in [0.2, 0.25) is 0 Å². The fourth-order valence-electron chi connectivity index (χ4n) is 2.55. The maximum atomic E-state index is 12.3. The van der Waals surface area contributed by atoms with Crippen molar-refractivity contribution in [3.8, 4) is 0 Å². The molecule has 2 aromatic rings. The van der Waals surface area contributed by atoms with Gasteiger partial charge in [-0.15, -0.1) is 0 Å². The molecule has 0 saturated heterocycles. The summed E-state index contributed by atoms with van der Waals surface area (Å²) in [5.41, 5.74) is 3.25. The number of carbonyl (C=O) groups is 2. The largest absolute Gasteiger partial charge is 0.457 e. The lowest BCUT2D eigenvalue weighted by atomic mass is 10.1. The monoisotopic (exact) mass is 342 g/mol. The molecule has 0 atom stereocenters. The van der Waals surface area contributed by atoms with Gasteiger partial charge in [-0.25, -0.2) is 9.78 Å². The molecule has 0 spiro atoms. The Balaban J connectivity index is 1.66. The van der Waals surface area contributed by atoms with Crippen LogP contribution in [0, 0.1) is 6.92 Å². The average Bonchev–Trinajstić information content (AvgIpc) is 2.94. The Morgan fingerprint density at radius 3 is 2.83 bits per heavy atom. The Kier molecular flexibility index (Phi) is 4.85. The summed E-state index contributed by atoms with van der Waals surface area (Å²) in [5.74, 6) is -0.128. The highest BCUT2D eigenvalue weighted by Crippen LogP contribution is 2.30. The molecular weight excluding hydrogens is 324 g/mol. The molecule has 1 aromatic carbocycles. The number of benzene rings is 1. The molecule has 0 unspecified atom stereocenters. The molecule has 0 bridgehead atoms. The van der Waals surface area contributed by atoms with Crippen LogP contribution in [0.4, 0.5) is 0 Å². The van der Waals surface area contributed by atoms with E-state index in [1.54, 1.807) is 11.9 Å². The number of fused-ring (bicyclic) bond motifs is 1. The van der Waals surface area contributed by atoms with Gasteiger partial charge in [0.15, 0.2) is 0 Å². The Morgan fingerprint density at radius 2 is 2.08 bits per heavy atom. The summed E-state index contributed by atoms with van der Waals surface area (Å²) < 4.78 is 5.06. The van der Waals surface area contributed by atoms with Crippen molar-refractivity contribution in [2.75, 3.05) is 12.8 Å². The van der Waals surface area contributed by atoms with Gasteiger partial charge in [-0.1, -0.05) is 42.1 Å². The van der Waals surface area contributed by atoms with Gasteiger partial charge in [-0.3, -0.25) is 4.79 Å². The van der Waals surface area contributed by atoms with Crippen molar-refractivity contribution in [3.63, 3.8) is 0 Å². The van der Waals surface area contributed by atoms with Crippen LogP contribution >= 0.6 is 11.8 Å². The fraction of sp³-hybridized carbons (Fsp3) is 0.278. The third-order valence-electron chi connectivity index (χ3n) is 3.78. The minimum absolute atomic E-state index is 0.00715. The predicted molar refractivity (Wildman–Crippen MR) is 91.7 cm³/mol. The third kappa shape index (κ3) is 3.59. The van der Waals surface area contributed by atoms with Crippen molar-refractivity contribution in [1.29, 1.82) is 0 Å². The highest BCUT2D eigenvalue weighted by molar-refractivity contribution is 8.00. The SMILES string of the molecule is Cc1cc2c(c(SCC(=O)N(C)Cc3ccccc3)n1)C(=O)OC2. The molecule has 1 aliphatic heterocycles. The molecule has 6 heteroatoms. The van der Waals surface area contributed by atoms with Crippen LogP contribution in [0.1, 0.15) is 27.2 Å². The van der Waals surface area contributed by atoms with Gasteiger partial charge >= 0.3 is 5.97 Å². The van der Waals surface area contributed by atoms with Crippen molar-refractivity contribution >= 4 is 23.6 Å². The highest BCUT2D eigenvalue weighted by atomic mass is 32.2. The molecular formula is C18H18N2O3S. The van der Waals surface area contributed by atoms with E-state index in [2.05, 4.69) is 4.98 Å². The number of aryl methyl sites for hydroxylation is 1. The van der Waals surface area contributed by atoms with Gasteiger partial charge in [0, 0.05) is 24.8 Å². The number of rotatable bonds is 5. The predicted octanol–water partition coefficient (Wildman–Crippen LogP) is 2.81. The number of esters is 1. The molecule has 0 radical (unpaired) electrons. The topological polar surface area (TPSA) is 59.5 Å². The molecule has 0 N–H and O–H groups in total. The zero-order valence-electron chi connectivity index (χ0n) is 13.6. The van der Waals surface area contributed by atoms with Gasteiger partial charge in [0.1, 0.15) is 11.6 Å². The van der Waals surface area contributed by atoms with Gasteiger partial charge in [0.05, 0.1) is 11.3 Å². The van der Waals surface area contributed by atoms with E-state index in [4.69, 9.17) is 4.74 Å². The van der Waals surface area contributed by atoms with E-state index in [0.717, 1.165) is 16.8 Å². The number of nitrogens with zero attached hydrogens (tertiary/aromatic N) is 2. The lowest BCUT2D eigenvalue weighted by molar-refractivity contribution is -0.127. The van der Waals surface area contributed by atoms with E-state index in [9.17, 15) is 9.59 Å². The van der Waals surface area contributed by atoms with Crippen LogP contribution in [-0.4, -0.2) is 34.6 Å². The minimum Gasteiger partial charge on any atom is -0.457 e. The van der Waals surface area contributed by atoms with Crippen molar-refractivity contribution in [3.05, 3.63) is 58.8 Å². The molecule has 0 saturated carbocycles. The van der Waals surface area contributed by atoms with Gasteiger partial charge in [-0.2, -0.15) is 0 Å². The Bertz CT molecular complexity index is 777. The highest BCUT2D eigenvalue weighted by Gasteiger charge is 2.27. The second kappa shape index (κ2) is 7.05. The number of cyclic esters (lactones) is 1. The van der Waals surface area contributed by atoms with Crippen molar-refractivity contribution < 1.29 is 14.3 Å². The first kappa shape index (κ1) is 16.5. The van der Waals surface area contributed by atoms with E-state index in [1.165, 1.54) is 11.8 Å². The van der Waals surface area contributed by atoms with Gasteiger partial charge in [0.2, 0.25) is 5.91 Å². The number of thioether (sulfide) groups is 1. The van der Waals surface area contributed by atoms with Gasteiger partial charge in [-0.05, 0) is 18.6 Å². The third-order valence-corrected chi connectivity index (χ3v) is 4.74. The summed E-state index contributed by atoms with van der Waals surface area (Å²) >= 11 is 1.29. The Morgan fingerprint density at radius 1 is 1.33 bits per heavy atom. The van der Waals surface area contributed by atoms with E-state index in [1.807, 2.05) is 43.3 Å². The second-order valence-corrected chi connectivity index (χ2v) is 6.67. The number of pyridine rings is 1. The van der Waals surface area contributed by atoms with E-state index in [0.29, 0.717) is 17.1 Å². The summed E-state index contributed by atoms with van der Waals surface area (Å²) in [7, 11) is 1.78. The molecule has 0 fully saturated rings. The summed E-state index contributed by atoms with van der Waals surface area (Å²) in [5, 5.41) is 0.578. The Hall–Kier alpha value is -2.34. The van der Waals surface area contributed by atoms with Crippen LogP contribution in [0.3, 0.4) is 0 Å². The quantitative estimate of drug-likeness (QED) is 0.618. The molecule has 24 heavy (non-hydrogen) atoms. The second-order valence-electron chi connectivity index (χ2n) is 5.70. The molecule has 1 amide bonds. The molecule has 124 valence electrons. The van der Waals surface area contributed by atoms with Gasteiger partial charge < -0.3 is 9.64 Å². The number of ether oxygens (including phenoxy) is 1. The first-order valence-electron chi connectivity index (χ1n) is 7.63. The summed E-state index contributed by atoms with van der Waals surface area (Å²) in [6.45, 7) is 2.71. The van der Waals surface area contributed by atoms with E-state index >= 15 is 0 Å². The lowest BCUT2D eigenvalue weighted by Gasteiger charge is -2.17. The Labute approximate surface area is 145 Å². The first-order chi connectivity index (χ1) is 11.5.